The van der Waals surface area contributed by atoms with Gasteiger partial charge >= 0.3 is 5.97 Å². The van der Waals surface area contributed by atoms with Crippen LogP contribution in [0.4, 0.5) is 5.69 Å². The van der Waals surface area contributed by atoms with Crippen LogP contribution in [0.1, 0.15) is 25.5 Å². The summed E-state index contributed by atoms with van der Waals surface area (Å²) in [5, 5.41) is 5.97. The number of nitrogens with one attached hydrogen (secondary N) is 2. The number of furan rings is 1. The van der Waals surface area contributed by atoms with E-state index in [2.05, 4.69) is 10.6 Å². The molecule has 1 unspecified atom stereocenters. The molecule has 2 N–H and O–H groups in total. The van der Waals surface area contributed by atoms with E-state index in [1.54, 1.807) is 44.2 Å². The maximum Gasteiger partial charge on any atom is 0.336 e. The van der Waals surface area contributed by atoms with E-state index in [1.807, 2.05) is 6.07 Å². The molecule has 0 spiro atoms. The minimum atomic E-state index is -0.696. The zero-order valence-corrected chi connectivity index (χ0v) is 16.2. The van der Waals surface area contributed by atoms with Crippen LogP contribution < -0.4 is 15.4 Å². The first-order chi connectivity index (χ1) is 13.5. The number of rotatable bonds is 5. The molecule has 1 amide bonds. The van der Waals surface area contributed by atoms with Crippen molar-refractivity contribution in [2.45, 2.75) is 19.8 Å². The third-order valence-electron chi connectivity index (χ3n) is 4.59. The van der Waals surface area contributed by atoms with E-state index in [1.165, 1.54) is 20.5 Å². The molecule has 0 bridgehead atoms. The zero-order valence-electron chi connectivity index (χ0n) is 16.2. The van der Waals surface area contributed by atoms with Crippen LogP contribution in [-0.2, 0) is 14.3 Å². The molecule has 0 fully saturated rings. The first kappa shape index (κ1) is 19.3. The summed E-state index contributed by atoms with van der Waals surface area (Å²) < 4.78 is 15.8. The van der Waals surface area contributed by atoms with E-state index in [4.69, 9.17) is 13.9 Å². The highest BCUT2D eigenvalue weighted by Crippen LogP contribution is 2.39. The Morgan fingerprint density at radius 3 is 2.39 bits per heavy atom. The Bertz CT molecular complexity index is 957. The fraction of sp³-hybridized carbons (Fsp3) is 0.238. The van der Waals surface area contributed by atoms with E-state index in [9.17, 15) is 9.59 Å². The van der Waals surface area contributed by atoms with Crippen LogP contribution in [0.2, 0.25) is 0 Å². The first-order valence-corrected chi connectivity index (χ1v) is 8.72. The molecule has 2 aromatic rings. The number of hydrogen-bond acceptors (Lipinski definition) is 6. The molecule has 7 heteroatoms. The highest BCUT2D eigenvalue weighted by molar-refractivity contribution is 6.08. The second-order valence-electron chi connectivity index (χ2n) is 6.30. The maximum atomic E-state index is 13.2. The van der Waals surface area contributed by atoms with Crippen molar-refractivity contribution in [3.05, 3.63) is 71.0 Å². The minimum absolute atomic E-state index is 0.327. The van der Waals surface area contributed by atoms with E-state index >= 15 is 0 Å². The second-order valence-corrected chi connectivity index (χ2v) is 6.30. The van der Waals surface area contributed by atoms with Gasteiger partial charge in [0.05, 0.1) is 43.2 Å². The van der Waals surface area contributed by atoms with Crippen LogP contribution in [-0.4, -0.2) is 26.1 Å². The largest absolute Gasteiger partial charge is 0.495 e. The van der Waals surface area contributed by atoms with Gasteiger partial charge in [-0.2, -0.15) is 0 Å². The molecule has 28 heavy (non-hydrogen) atoms. The van der Waals surface area contributed by atoms with Gasteiger partial charge in [-0.15, -0.1) is 0 Å². The monoisotopic (exact) mass is 382 g/mol. The standard InChI is InChI=1S/C21H22N2O5/c1-12-17(20(24)23-14-8-5-6-9-15(14)26-3)19(16-10-7-11-28-16)18(13(2)22-12)21(25)27-4/h5-11,19,22H,1-4H3,(H,23,24). The van der Waals surface area contributed by atoms with Gasteiger partial charge in [0, 0.05) is 11.4 Å². The average molecular weight is 382 g/mol. The number of dihydropyridines is 1. The smallest absolute Gasteiger partial charge is 0.336 e. The fourth-order valence-corrected chi connectivity index (χ4v) is 3.35. The van der Waals surface area contributed by atoms with Gasteiger partial charge in [0.1, 0.15) is 11.5 Å². The molecule has 7 nitrogen and oxygen atoms in total. The summed E-state index contributed by atoms with van der Waals surface area (Å²) in [5.74, 6) is -0.581. The molecular weight excluding hydrogens is 360 g/mol. The molecule has 1 aliphatic rings. The van der Waals surface area contributed by atoms with Crippen molar-refractivity contribution in [2.24, 2.45) is 0 Å². The number of allylic oxidation sites excluding steroid dienone is 2. The number of para-hydroxylation sites is 2. The lowest BCUT2D eigenvalue weighted by atomic mass is 9.83. The quantitative estimate of drug-likeness (QED) is 0.771. The Labute approximate surface area is 163 Å². The summed E-state index contributed by atoms with van der Waals surface area (Å²) in [4.78, 5) is 25.7. The molecule has 146 valence electrons. The molecule has 0 aliphatic carbocycles. The highest BCUT2D eigenvalue weighted by atomic mass is 16.5. The van der Waals surface area contributed by atoms with Crippen LogP contribution >= 0.6 is 0 Å². The van der Waals surface area contributed by atoms with Crippen molar-refractivity contribution < 1.29 is 23.5 Å². The van der Waals surface area contributed by atoms with Crippen molar-refractivity contribution in [1.82, 2.24) is 5.32 Å². The van der Waals surface area contributed by atoms with Crippen LogP contribution in [0.3, 0.4) is 0 Å². The zero-order chi connectivity index (χ0) is 20.3. The van der Waals surface area contributed by atoms with Gasteiger partial charge < -0.3 is 24.5 Å². The predicted molar refractivity (Wildman–Crippen MR) is 104 cm³/mol. The molecule has 2 heterocycles. The van der Waals surface area contributed by atoms with Gasteiger partial charge in [-0.05, 0) is 38.1 Å². The number of carbonyl (C=O) groups excluding carboxylic acids is 2. The number of methoxy groups -OCH3 is 2. The van der Waals surface area contributed by atoms with Gasteiger partial charge in [0.2, 0.25) is 0 Å². The minimum Gasteiger partial charge on any atom is -0.495 e. The van der Waals surface area contributed by atoms with E-state index in [0.717, 1.165) is 0 Å². The second kappa shape index (κ2) is 8.04. The summed E-state index contributed by atoms with van der Waals surface area (Å²) in [5.41, 5.74) is 2.46. The number of carbonyl (C=O) groups is 2. The predicted octanol–water partition coefficient (Wildman–Crippen LogP) is 3.33. The Morgan fingerprint density at radius 1 is 1.04 bits per heavy atom. The summed E-state index contributed by atoms with van der Waals surface area (Å²) in [6.45, 7) is 3.55. The Kier molecular flexibility index (Phi) is 5.54. The summed E-state index contributed by atoms with van der Waals surface area (Å²) in [6, 6.07) is 10.6. The Morgan fingerprint density at radius 2 is 1.75 bits per heavy atom. The lowest BCUT2D eigenvalue weighted by Gasteiger charge is -2.29. The van der Waals surface area contributed by atoms with Crippen LogP contribution in [0.15, 0.2) is 69.6 Å². The number of benzene rings is 1. The molecule has 0 radical (unpaired) electrons. The normalized spacial score (nSPS) is 16.5. The third-order valence-corrected chi connectivity index (χ3v) is 4.59. The topological polar surface area (TPSA) is 89.8 Å². The number of esters is 1. The SMILES string of the molecule is COC(=O)C1=C(C)NC(C)=C(C(=O)Nc2ccccc2OC)C1c1ccco1. The van der Waals surface area contributed by atoms with Crippen LogP contribution in [0, 0.1) is 0 Å². The lowest BCUT2D eigenvalue weighted by Crippen LogP contribution is -2.33. The highest BCUT2D eigenvalue weighted by Gasteiger charge is 2.38. The van der Waals surface area contributed by atoms with E-state index in [0.29, 0.717) is 39.7 Å². The van der Waals surface area contributed by atoms with Crippen molar-refractivity contribution in [3.8, 4) is 5.75 Å². The summed E-state index contributed by atoms with van der Waals surface area (Å²) in [6.07, 6.45) is 1.51. The van der Waals surface area contributed by atoms with Crippen LogP contribution in [0.25, 0.3) is 0 Å². The lowest BCUT2D eigenvalue weighted by molar-refractivity contribution is -0.136. The third kappa shape index (κ3) is 3.51. The van der Waals surface area contributed by atoms with Gasteiger partial charge in [-0.3, -0.25) is 4.79 Å². The van der Waals surface area contributed by atoms with Gasteiger partial charge in [-0.25, -0.2) is 4.79 Å². The number of anilines is 1. The van der Waals surface area contributed by atoms with Crippen molar-refractivity contribution in [3.63, 3.8) is 0 Å². The number of ether oxygens (including phenoxy) is 2. The Hall–Kier alpha value is -3.48. The van der Waals surface area contributed by atoms with Gasteiger partial charge in [0.25, 0.3) is 5.91 Å². The first-order valence-electron chi connectivity index (χ1n) is 8.72. The Balaban J connectivity index is 2.05. The summed E-state index contributed by atoms with van der Waals surface area (Å²) >= 11 is 0. The molecule has 1 aliphatic heterocycles. The average Bonchev–Trinajstić information content (AvgIpc) is 3.21. The molecule has 1 aromatic heterocycles. The maximum absolute atomic E-state index is 13.2. The molecule has 0 saturated carbocycles. The van der Waals surface area contributed by atoms with E-state index in [-0.39, 0.29) is 5.91 Å². The number of hydrogen-bond donors (Lipinski definition) is 2. The molecule has 3 rings (SSSR count). The van der Waals surface area contributed by atoms with Crippen LogP contribution in [0.5, 0.6) is 5.75 Å². The van der Waals surface area contributed by atoms with Gasteiger partial charge in [0.15, 0.2) is 0 Å². The fourth-order valence-electron chi connectivity index (χ4n) is 3.35. The van der Waals surface area contributed by atoms with Crippen molar-refractivity contribution >= 4 is 17.6 Å². The molecule has 1 atom stereocenters. The molecule has 1 aromatic carbocycles. The van der Waals surface area contributed by atoms with Crippen molar-refractivity contribution in [1.29, 1.82) is 0 Å². The number of amides is 1. The van der Waals surface area contributed by atoms with Gasteiger partial charge in [-0.1, -0.05) is 12.1 Å². The van der Waals surface area contributed by atoms with Crippen molar-refractivity contribution in [2.75, 3.05) is 19.5 Å². The molecular formula is C21H22N2O5. The molecule has 0 saturated heterocycles. The summed E-state index contributed by atoms with van der Waals surface area (Å²) in [7, 11) is 2.84. The van der Waals surface area contributed by atoms with E-state index < -0.39 is 11.9 Å².